The zero-order valence-electron chi connectivity index (χ0n) is 10.8. The van der Waals surface area contributed by atoms with E-state index in [9.17, 15) is 14.3 Å². The Balaban J connectivity index is 1.88. The number of benzene rings is 1. The van der Waals surface area contributed by atoms with Crippen molar-refractivity contribution in [1.29, 1.82) is 0 Å². The summed E-state index contributed by atoms with van der Waals surface area (Å²) in [5, 5.41) is 12.0. The Kier molecular flexibility index (Phi) is 4.87. The average molecular weight is 266 g/mol. The summed E-state index contributed by atoms with van der Waals surface area (Å²) in [5.74, 6) is -0.457. The van der Waals surface area contributed by atoms with Gasteiger partial charge in [0.2, 0.25) is 5.91 Å². The van der Waals surface area contributed by atoms with Gasteiger partial charge in [0.05, 0.1) is 13.2 Å². The van der Waals surface area contributed by atoms with Crippen molar-refractivity contribution >= 4 is 11.6 Å². The largest absolute Gasteiger partial charge is 0.395 e. The Bertz CT molecular complexity index is 422. The number of hydrogen-bond acceptors (Lipinski definition) is 3. The van der Waals surface area contributed by atoms with Crippen molar-refractivity contribution in [2.24, 2.45) is 0 Å². The van der Waals surface area contributed by atoms with Crippen LogP contribution in [0.5, 0.6) is 0 Å². The number of likely N-dealkylation sites (tertiary alicyclic amines) is 1. The average Bonchev–Trinajstić information content (AvgIpc) is 2.42. The summed E-state index contributed by atoms with van der Waals surface area (Å²) in [6.07, 6.45) is 3.09. The molecule has 0 saturated carbocycles. The Morgan fingerprint density at radius 2 is 2.11 bits per heavy atom. The minimum absolute atomic E-state index is 0.0766. The Morgan fingerprint density at radius 3 is 2.79 bits per heavy atom. The van der Waals surface area contributed by atoms with Gasteiger partial charge in [-0.2, -0.15) is 0 Å². The van der Waals surface area contributed by atoms with Crippen LogP contribution in [0.2, 0.25) is 0 Å². The van der Waals surface area contributed by atoms with Gasteiger partial charge in [-0.3, -0.25) is 9.69 Å². The van der Waals surface area contributed by atoms with Crippen molar-refractivity contribution in [3.05, 3.63) is 30.1 Å². The molecule has 1 aliphatic rings. The third-order valence-electron chi connectivity index (χ3n) is 3.43. The number of rotatable bonds is 4. The molecule has 1 atom stereocenters. The first-order chi connectivity index (χ1) is 9.19. The summed E-state index contributed by atoms with van der Waals surface area (Å²) in [6.45, 7) is 1.19. The second-order valence-corrected chi connectivity index (χ2v) is 4.86. The minimum atomic E-state index is -0.325. The van der Waals surface area contributed by atoms with Crippen molar-refractivity contribution in [1.82, 2.24) is 4.90 Å². The molecule has 1 fully saturated rings. The summed E-state index contributed by atoms with van der Waals surface area (Å²) in [5.41, 5.74) is 0.587. The molecule has 5 heteroatoms. The van der Waals surface area contributed by atoms with Gasteiger partial charge in [0.25, 0.3) is 0 Å². The van der Waals surface area contributed by atoms with E-state index in [0.717, 1.165) is 25.8 Å². The number of carbonyl (C=O) groups excluding carboxylic acids is 1. The van der Waals surface area contributed by atoms with Crippen LogP contribution in [0, 0.1) is 5.82 Å². The highest BCUT2D eigenvalue weighted by atomic mass is 19.1. The van der Waals surface area contributed by atoms with E-state index < -0.39 is 0 Å². The van der Waals surface area contributed by atoms with Crippen LogP contribution in [-0.4, -0.2) is 41.7 Å². The van der Waals surface area contributed by atoms with Crippen molar-refractivity contribution in [2.45, 2.75) is 25.3 Å². The van der Waals surface area contributed by atoms with E-state index in [0.29, 0.717) is 5.69 Å². The van der Waals surface area contributed by atoms with Gasteiger partial charge in [0.1, 0.15) is 5.82 Å². The third kappa shape index (κ3) is 4.01. The number of carbonyl (C=O) groups is 1. The molecule has 0 aromatic heterocycles. The van der Waals surface area contributed by atoms with Crippen LogP contribution >= 0.6 is 0 Å². The van der Waals surface area contributed by atoms with E-state index in [1.807, 2.05) is 4.90 Å². The quantitative estimate of drug-likeness (QED) is 0.870. The molecule has 1 aromatic rings. The number of nitrogens with zero attached hydrogens (tertiary/aromatic N) is 1. The van der Waals surface area contributed by atoms with Crippen molar-refractivity contribution < 1.29 is 14.3 Å². The number of aliphatic hydroxyl groups is 1. The number of piperidine rings is 1. The number of anilines is 1. The minimum Gasteiger partial charge on any atom is -0.395 e. The van der Waals surface area contributed by atoms with E-state index in [-0.39, 0.29) is 30.9 Å². The summed E-state index contributed by atoms with van der Waals surface area (Å²) in [4.78, 5) is 13.9. The predicted octanol–water partition coefficient (Wildman–Crippen LogP) is 1.61. The molecular formula is C14H19FN2O2. The molecule has 1 unspecified atom stereocenters. The van der Waals surface area contributed by atoms with Crippen LogP contribution in [0.4, 0.5) is 10.1 Å². The van der Waals surface area contributed by atoms with Crippen LogP contribution in [0.1, 0.15) is 19.3 Å². The maximum Gasteiger partial charge on any atom is 0.238 e. The standard InChI is InChI=1S/C14H19FN2O2/c15-11-4-6-12(7-5-11)16-14(19)9-17-8-2-1-3-13(17)10-18/h4-7,13,18H,1-3,8-10H2,(H,16,19). The van der Waals surface area contributed by atoms with Gasteiger partial charge in [-0.05, 0) is 43.7 Å². The van der Waals surface area contributed by atoms with Crippen molar-refractivity contribution in [3.63, 3.8) is 0 Å². The summed E-state index contributed by atoms with van der Waals surface area (Å²) in [7, 11) is 0. The first-order valence-corrected chi connectivity index (χ1v) is 6.59. The third-order valence-corrected chi connectivity index (χ3v) is 3.43. The van der Waals surface area contributed by atoms with Crippen LogP contribution in [-0.2, 0) is 4.79 Å². The van der Waals surface area contributed by atoms with Crippen LogP contribution in [0.15, 0.2) is 24.3 Å². The zero-order valence-corrected chi connectivity index (χ0v) is 10.8. The molecule has 19 heavy (non-hydrogen) atoms. The smallest absolute Gasteiger partial charge is 0.238 e. The van der Waals surface area contributed by atoms with Crippen LogP contribution < -0.4 is 5.32 Å². The molecule has 1 saturated heterocycles. The lowest BCUT2D eigenvalue weighted by Gasteiger charge is -2.33. The zero-order chi connectivity index (χ0) is 13.7. The van der Waals surface area contributed by atoms with E-state index in [1.165, 1.54) is 24.3 Å². The Labute approximate surface area is 112 Å². The highest BCUT2D eigenvalue weighted by Gasteiger charge is 2.23. The molecule has 1 aromatic carbocycles. The molecule has 104 valence electrons. The normalized spacial score (nSPS) is 20.2. The predicted molar refractivity (Wildman–Crippen MR) is 71.3 cm³/mol. The molecule has 2 rings (SSSR count). The van der Waals surface area contributed by atoms with E-state index in [1.54, 1.807) is 0 Å². The fourth-order valence-corrected chi connectivity index (χ4v) is 2.39. The summed E-state index contributed by atoms with van der Waals surface area (Å²) in [6, 6.07) is 5.77. The lowest BCUT2D eigenvalue weighted by molar-refractivity contribution is -0.118. The highest BCUT2D eigenvalue weighted by molar-refractivity contribution is 5.92. The molecular weight excluding hydrogens is 247 g/mol. The Hall–Kier alpha value is -1.46. The van der Waals surface area contributed by atoms with Gasteiger partial charge in [-0.25, -0.2) is 4.39 Å². The van der Waals surface area contributed by atoms with Gasteiger partial charge in [0.15, 0.2) is 0 Å². The van der Waals surface area contributed by atoms with Gasteiger partial charge in [0, 0.05) is 11.7 Å². The number of nitrogens with one attached hydrogen (secondary N) is 1. The molecule has 0 aliphatic carbocycles. The first-order valence-electron chi connectivity index (χ1n) is 6.59. The molecule has 1 aliphatic heterocycles. The topological polar surface area (TPSA) is 52.6 Å². The molecule has 1 amide bonds. The van der Waals surface area contributed by atoms with E-state index >= 15 is 0 Å². The Morgan fingerprint density at radius 1 is 1.37 bits per heavy atom. The molecule has 0 radical (unpaired) electrons. The molecule has 1 heterocycles. The number of aliphatic hydroxyl groups excluding tert-OH is 1. The maximum absolute atomic E-state index is 12.7. The van der Waals surface area contributed by atoms with Crippen molar-refractivity contribution in [3.8, 4) is 0 Å². The van der Waals surface area contributed by atoms with Crippen molar-refractivity contribution in [2.75, 3.05) is 25.0 Å². The van der Waals surface area contributed by atoms with Gasteiger partial charge in [-0.1, -0.05) is 6.42 Å². The van der Waals surface area contributed by atoms with Gasteiger partial charge in [-0.15, -0.1) is 0 Å². The first kappa shape index (κ1) is 14.0. The number of halogens is 1. The second kappa shape index (κ2) is 6.63. The second-order valence-electron chi connectivity index (χ2n) is 4.86. The molecule has 4 nitrogen and oxygen atoms in total. The highest BCUT2D eigenvalue weighted by Crippen LogP contribution is 2.16. The van der Waals surface area contributed by atoms with Gasteiger partial charge >= 0.3 is 0 Å². The molecule has 0 bridgehead atoms. The SMILES string of the molecule is O=C(CN1CCCCC1CO)Nc1ccc(F)cc1. The summed E-state index contributed by atoms with van der Waals surface area (Å²) >= 11 is 0. The number of hydrogen-bond donors (Lipinski definition) is 2. The van der Waals surface area contributed by atoms with E-state index in [4.69, 9.17) is 0 Å². The van der Waals surface area contributed by atoms with Gasteiger partial charge < -0.3 is 10.4 Å². The number of amides is 1. The summed E-state index contributed by atoms with van der Waals surface area (Å²) < 4.78 is 12.7. The van der Waals surface area contributed by atoms with Crippen LogP contribution in [0.25, 0.3) is 0 Å². The van der Waals surface area contributed by atoms with Crippen LogP contribution in [0.3, 0.4) is 0 Å². The fourth-order valence-electron chi connectivity index (χ4n) is 2.39. The lowest BCUT2D eigenvalue weighted by atomic mass is 10.0. The van der Waals surface area contributed by atoms with E-state index in [2.05, 4.69) is 5.32 Å². The molecule has 0 spiro atoms. The molecule has 2 N–H and O–H groups in total. The lowest BCUT2D eigenvalue weighted by Crippen LogP contribution is -2.45. The maximum atomic E-state index is 12.7. The monoisotopic (exact) mass is 266 g/mol. The fraction of sp³-hybridized carbons (Fsp3) is 0.500.